The van der Waals surface area contributed by atoms with Crippen molar-refractivity contribution in [2.75, 3.05) is 5.32 Å². The van der Waals surface area contributed by atoms with Crippen molar-refractivity contribution in [3.8, 4) is 0 Å². The van der Waals surface area contributed by atoms with Crippen molar-refractivity contribution in [2.45, 2.75) is 12.5 Å². The Morgan fingerprint density at radius 2 is 1.87 bits per heavy atom. The van der Waals surface area contributed by atoms with Crippen LogP contribution in [0.4, 0.5) is 5.69 Å². The monoisotopic (exact) mass is 352 g/mol. The van der Waals surface area contributed by atoms with Gasteiger partial charge in [0.2, 0.25) is 0 Å². The second-order valence-corrected chi connectivity index (χ2v) is 5.73. The molecule has 0 saturated carbocycles. The number of carboxylic acids is 1. The maximum absolute atomic E-state index is 12.3. The highest BCUT2D eigenvalue weighted by atomic mass is 35.5. The summed E-state index contributed by atoms with van der Waals surface area (Å²) in [6.45, 7) is 0. The van der Waals surface area contributed by atoms with Gasteiger partial charge in [0, 0.05) is 17.1 Å². The third-order valence-corrected chi connectivity index (χ3v) is 3.75. The van der Waals surface area contributed by atoms with Gasteiger partial charge in [-0.15, -0.1) is 0 Å². The molecule has 120 valence electrons. The number of carbonyl (C=O) groups is 2. The molecule has 2 aromatic carbocycles. The quantitative estimate of drug-likeness (QED) is 0.770. The number of hydrogen-bond acceptors (Lipinski definition) is 3. The lowest BCUT2D eigenvalue weighted by molar-refractivity contribution is -0.138. The van der Waals surface area contributed by atoms with Gasteiger partial charge in [0.15, 0.2) is 0 Å². The minimum absolute atomic E-state index is 0.0974. The molecular formula is C16H14Cl2N2O3. The van der Waals surface area contributed by atoms with Gasteiger partial charge < -0.3 is 16.2 Å². The normalized spacial score (nSPS) is 11.8. The second kappa shape index (κ2) is 7.46. The molecule has 5 nitrogen and oxygen atoms in total. The van der Waals surface area contributed by atoms with Crippen LogP contribution in [-0.2, 0) is 11.2 Å². The van der Waals surface area contributed by atoms with Crippen LogP contribution in [0, 0.1) is 0 Å². The predicted octanol–water partition coefficient (Wildman–Crippen LogP) is 3.20. The molecule has 0 saturated heterocycles. The zero-order valence-electron chi connectivity index (χ0n) is 11.9. The number of amides is 1. The number of aliphatic carboxylic acids is 1. The Morgan fingerprint density at radius 3 is 2.52 bits per heavy atom. The van der Waals surface area contributed by atoms with E-state index < -0.39 is 17.9 Å². The standard InChI is InChI=1S/C16H14Cl2N2O3/c17-10-5-6-11(12(18)8-10)15(21)20-14-4-2-1-3-9(14)7-13(19)16(22)23/h1-6,8,13H,7,19H2,(H,20,21)(H,22,23). The van der Waals surface area contributed by atoms with Crippen LogP contribution in [0.5, 0.6) is 0 Å². The van der Waals surface area contributed by atoms with Crippen molar-refractivity contribution in [2.24, 2.45) is 5.73 Å². The number of carboxylic acid groups (broad SMARTS) is 1. The van der Waals surface area contributed by atoms with Crippen molar-refractivity contribution >= 4 is 40.8 Å². The average Bonchev–Trinajstić information content (AvgIpc) is 2.48. The largest absolute Gasteiger partial charge is 0.480 e. The van der Waals surface area contributed by atoms with E-state index in [1.165, 1.54) is 12.1 Å². The number of anilines is 1. The molecule has 0 bridgehead atoms. The van der Waals surface area contributed by atoms with Gasteiger partial charge in [-0.3, -0.25) is 9.59 Å². The molecule has 4 N–H and O–H groups in total. The highest BCUT2D eigenvalue weighted by molar-refractivity contribution is 6.37. The second-order valence-electron chi connectivity index (χ2n) is 4.88. The van der Waals surface area contributed by atoms with Crippen molar-refractivity contribution in [1.29, 1.82) is 0 Å². The third kappa shape index (κ3) is 4.45. The van der Waals surface area contributed by atoms with Crippen LogP contribution in [0.25, 0.3) is 0 Å². The van der Waals surface area contributed by atoms with Gasteiger partial charge in [0.1, 0.15) is 6.04 Å². The van der Waals surface area contributed by atoms with Gasteiger partial charge in [0.25, 0.3) is 5.91 Å². The zero-order valence-corrected chi connectivity index (χ0v) is 13.4. The fourth-order valence-electron chi connectivity index (χ4n) is 2.01. The fourth-order valence-corrected chi connectivity index (χ4v) is 2.50. The molecule has 1 atom stereocenters. The number of nitrogens with two attached hydrogens (primary N) is 1. The van der Waals surface area contributed by atoms with E-state index in [4.69, 9.17) is 34.0 Å². The molecular weight excluding hydrogens is 339 g/mol. The van der Waals surface area contributed by atoms with E-state index in [0.29, 0.717) is 16.3 Å². The lowest BCUT2D eigenvalue weighted by atomic mass is 10.0. The molecule has 2 rings (SSSR count). The highest BCUT2D eigenvalue weighted by Crippen LogP contribution is 2.23. The Balaban J connectivity index is 2.22. The predicted molar refractivity (Wildman–Crippen MR) is 90.2 cm³/mol. The summed E-state index contributed by atoms with van der Waals surface area (Å²) in [4.78, 5) is 23.2. The van der Waals surface area contributed by atoms with Gasteiger partial charge >= 0.3 is 5.97 Å². The molecule has 1 amide bonds. The number of para-hydroxylation sites is 1. The van der Waals surface area contributed by atoms with Crippen LogP contribution in [0.1, 0.15) is 15.9 Å². The number of carbonyl (C=O) groups excluding carboxylic acids is 1. The van der Waals surface area contributed by atoms with E-state index in [1.807, 2.05) is 0 Å². The molecule has 0 aliphatic rings. The van der Waals surface area contributed by atoms with E-state index in [1.54, 1.807) is 30.3 Å². The lowest BCUT2D eigenvalue weighted by Crippen LogP contribution is -2.32. The van der Waals surface area contributed by atoms with E-state index in [0.717, 1.165) is 0 Å². The number of hydrogen-bond donors (Lipinski definition) is 3. The van der Waals surface area contributed by atoms with E-state index in [9.17, 15) is 9.59 Å². The number of nitrogens with one attached hydrogen (secondary N) is 1. The first-order valence-electron chi connectivity index (χ1n) is 6.71. The summed E-state index contributed by atoms with van der Waals surface area (Å²) in [5, 5.41) is 12.3. The number of rotatable bonds is 5. The summed E-state index contributed by atoms with van der Waals surface area (Å²) in [5.41, 5.74) is 6.94. The minimum Gasteiger partial charge on any atom is -0.480 e. The van der Waals surface area contributed by atoms with Crippen LogP contribution in [-0.4, -0.2) is 23.0 Å². The summed E-state index contributed by atoms with van der Waals surface area (Å²) >= 11 is 11.8. The van der Waals surface area contributed by atoms with Gasteiger partial charge in [-0.25, -0.2) is 0 Å². The molecule has 0 aromatic heterocycles. The van der Waals surface area contributed by atoms with Crippen molar-refractivity contribution in [1.82, 2.24) is 0 Å². The Labute approximate surface area is 143 Å². The number of halogens is 2. The van der Waals surface area contributed by atoms with Crippen LogP contribution >= 0.6 is 23.2 Å². The maximum atomic E-state index is 12.3. The summed E-state index contributed by atoms with van der Waals surface area (Å²) in [7, 11) is 0. The zero-order chi connectivity index (χ0) is 17.0. The Kier molecular flexibility index (Phi) is 5.60. The number of benzene rings is 2. The average molecular weight is 353 g/mol. The summed E-state index contributed by atoms with van der Waals surface area (Å²) in [6.07, 6.45) is 0.0974. The molecule has 2 aromatic rings. The van der Waals surface area contributed by atoms with Gasteiger partial charge in [-0.1, -0.05) is 41.4 Å². The van der Waals surface area contributed by atoms with Gasteiger partial charge in [-0.2, -0.15) is 0 Å². The molecule has 0 heterocycles. The van der Waals surface area contributed by atoms with Crippen molar-refractivity contribution in [3.63, 3.8) is 0 Å². The first-order chi connectivity index (χ1) is 10.9. The molecule has 0 radical (unpaired) electrons. The van der Waals surface area contributed by atoms with Crippen molar-refractivity contribution in [3.05, 3.63) is 63.6 Å². The Hall–Kier alpha value is -2.08. The Bertz CT molecular complexity index is 750. The van der Waals surface area contributed by atoms with Crippen LogP contribution < -0.4 is 11.1 Å². The SMILES string of the molecule is NC(Cc1ccccc1NC(=O)c1ccc(Cl)cc1Cl)C(=O)O. The molecule has 7 heteroatoms. The van der Waals surface area contributed by atoms with E-state index >= 15 is 0 Å². The van der Waals surface area contributed by atoms with Gasteiger partial charge in [0.05, 0.1) is 10.6 Å². The first-order valence-corrected chi connectivity index (χ1v) is 7.46. The molecule has 0 aliphatic carbocycles. The van der Waals surface area contributed by atoms with Crippen LogP contribution in [0.2, 0.25) is 10.0 Å². The molecule has 0 spiro atoms. The van der Waals surface area contributed by atoms with Crippen LogP contribution in [0.15, 0.2) is 42.5 Å². The van der Waals surface area contributed by atoms with Crippen LogP contribution in [0.3, 0.4) is 0 Å². The summed E-state index contributed by atoms with van der Waals surface area (Å²) < 4.78 is 0. The molecule has 0 aliphatic heterocycles. The first kappa shape index (κ1) is 17.3. The van der Waals surface area contributed by atoms with Gasteiger partial charge in [-0.05, 0) is 29.8 Å². The smallest absolute Gasteiger partial charge is 0.320 e. The summed E-state index contributed by atoms with van der Waals surface area (Å²) in [6, 6.07) is 10.4. The fraction of sp³-hybridized carbons (Fsp3) is 0.125. The minimum atomic E-state index is -1.10. The molecule has 23 heavy (non-hydrogen) atoms. The molecule has 1 unspecified atom stereocenters. The maximum Gasteiger partial charge on any atom is 0.320 e. The van der Waals surface area contributed by atoms with Crippen molar-refractivity contribution < 1.29 is 14.7 Å². The van der Waals surface area contributed by atoms with E-state index in [-0.39, 0.29) is 17.0 Å². The topological polar surface area (TPSA) is 92.4 Å². The lowest BCUT2D eigenvalue weighted by Gasteiger charge is -2.13. The highest BCUT2D eigenvalue weighted by Gasteiger charge is 2.16. The van der Waals surface area contributed by atoms with E-state index in [2.05, 4.69) is 5.32 Å². The third-order valence-electron chi connectivity index (χ3n) is 3.20. The summed E-state index contributed by atoms with van der Waals surface area (Å²) in [5.74, 6) is -1.52. The molecule has 0 fully saturated rings. The Morgan fingerprint density at radius 1 is 1.17 bits per heavy atom.